The number of aromatic nitrogens is 3. The van der Waals surface area contributed by atoms with Gasteiger partial charge in [-0.05, 0) is 11.5 Å². The van der Waals surface area contributed by atoms with Crippen LogP contribution in [-0.2, 0) is 6.54 Å². The molecule has 2 heterocycles. The Balaban J connectivity index is 2.11. The normalized spacial score (nSPS) is 11.2. The van der Waals surface area contributed by atoms with Gasteiger partial charge in [-0.1, -0.05) is 13.8 Å². The van der Waals surface area contributed by atoms with Crippen LogP contribution in [-0.4, -0.2) is 14.8 Å². The molecular weight excluding hydrogens is 190 g/mol. The maximum Gasteiger partial charge on any atom is 0.191 e. The summed E-state index contributed by atoms with van der Waals surface area (Å²) in [6, 6.07) is 0. The standard InChI is InChI=1S/C11H15N3O/c1-8(2)10-4-12-14(5-10)6-11-7-15-9(3)13-11/h4-5,7-8H,6H2,1-3H3. The summed E-state index contributed by atoms with van der Waals surface area (Å²) in [5, 5.41) is 4.28. The summed E-state index contributed by atoms with van der Waals surface area (Å²) < 4.78 is 7.02. The molecule has 2 rings (SSSR count). The molecule has 0 aliphatic carbocycles. The van der Waals surface area contributed by atoms with Crippen molar-refractivity contribution in [3.8, 4) is 0 Å². The van der Waals surface area contributed by atoms with E-state index in [2.05, 4.69) is 30.1 Å². The third-order valence-corrected chi connectivity index (χ3v) is 2.31. The van der Waals surface area contributed by atoms with E-state index in [9.17, 15) is 0 Å². The zero-order valence-corrected chi connectivity index (χ0v) is 9.27. The lowest BCUT2D eigenvalue weighted by Gasteiger charge is -1.98. The number of hydrogen-bond acceptors (Lipinski definition) is 3. The fraction of sp³-hybridized carbons (Fsp3) is 0.455. The zero-order chi connectivity index (χ0) is 10.8. The molecule has 0 aromatic carbocycles. The van der Waals surface area contributed by atoms with Gasteiger partial charge < -0.3 is 4.42 Å². The Bertz CT molecular complexity index is 442. The van der Waals surface area contributed by atoms with Gasteiger partial charge in [-0.25, -0.2) is 4.98 Å². The Kier molecular flexibility index (Phi) is 2.58. The van der Waals surface area contributed by atoms with Crippen LogP contribution in [0, 0.1) is 6.92 Å². The first-order valence-corrected chi connectivity index (χ1v) is 5.08. The molecule has 0 spiro atoms. The van der Waals surface area contributed by atoms with E-state index in [4.69, 9.17) is 4.42 Å². The lowest BCUT2D eigenvalue weighted by molar-refractivity contribution is 0.519. The first-order valence-electron chi connectivity index (χ1n) is 5.08. The third-order valence-electron chi connectivity index (χ3n) is 2.31. The summed E-state index contributed by atoms with van der Waals surface area (Å²) in [4.78, 5) is 4.23. The van der Waals surface area contributed by atoms with Crippen molar-refractivity contribution in [1.82, 2.24) is 14.8 Å². The van der Waals surface area contributed by atoms with Crippen molar-refractivity contribution in [3.63, 3.8) is 0 Å². The van der Waals surface area contributed by atoms with E-state index in [1.54, 1.807) is 6.26 Å². The molecule has 4 heteroatoms. The number of nitrogens with zero attached hydrogens (tertiary/aromatic N) is 3. The van der Waals surface area contributed by atoms with E-state index in [-0.39, 0.29) is 0 Å². The van der Waals surface area contributed by atoms with Crippen LogP contribution in [0.5, 0.6) is 0 Å². The van der Waals surface area contributed by atoms with Gasteiger partial charge in [0.15, 0.2) is 5.89 Å². The van der Waals surface area contributed by atoms with Crippen LogP contribution < -0.4 is 0 Å². The minimum Gasteiger partial charge on any atom is -0.449 e. The van der Waals surface area contributed by atoms with Crippen molar-refractivity contribution in [2.45, 2.75) is 33.2 Å². The number of oxazole rings is 1. The van der Waals surface area contributed by atoms with Crippen LogP contribution >= 0.6 is 0 Å². The van der Waals surface area contributed by atoms with E-state index < -0.39 is 0 Å². The minimum atomic E-state index is 0.512. The van der Waals surface area contributed by atoms with E-state index in [1.165, 1.54) is 5.56 Å². The Hall–Kier alpha value is -1.58. The fourth-order valence-corrected chi connectivity index (χ4v) is 1.41. The van der Waals surface area contributed by atoms with Gasteiger partial charge in [0.25, 0.3) is 0 Å². The van der Waals surface area contributed by atoms with E-state index in [0.29, 0.717) is 18.4 Å². The predicted molar refractivity (Wildman–Crippen MR) is 56.7 cm³/mol. The topological polar surface area (TPSA) is 43.9 Å². The highest BCUT2D eigenvalue weighted by Crippen LogP contribution is 2.13. The number of aryl methyl sites for hydroxylation is 1. The van der Waals surface area contributed by atoms with E-state index >= 15 is 0 Å². The maximum absolute atomic E-state index is 5.14. The molecule has 0 atom stereocenters. The maximum atomic E-state index is 5.14. The van der Waals surface area contributed by atoms with Gasteiger partial charge in [0.05, 0.1) is 12.7 Å². The summed E-state index contributed by atoms with van der Waals surface area (Å²) in [5.74, 6) is 1.21. The lowest BCUT2D eigenvalue weighted by Crippen LogP contribution is -2.00. The molecule has 4 nitrogen and oxygen atoms in total. The largest absolute Gasteiger partial charge is 0.449 e. The predicted octanol–water partition coefficient (Wildman–Crippen LogP) is 2.35. The second kappa shape index (κ2) is 3.88. The van der Waals surface area contributed by atoms with Crippen LogP contribution in [0.25, 0.3) is 0 Å². The molecule has 2 aromatic heterocycles. The van der Waals surface area contributed by atoms with E-state index in [1.807, 2.05) is 17.8 Å². The van der Waals surface area contributed by atoms with Gasteiger partial charge in [0, 0.05) is 13.1 Å². The average Bonchev–Trinajstić information content (AvgIpc) is 2.76. The Morgan fingerprint density at radius 1 is 1.47 bits per heavy atom. The molecule has 0 aliphatic rings. The average molecular weight is 205 g/mol. The van der Waals surface area contributed by atoms with E-state index in [0.717, 1.165) is 5.69 Å². The first-order chi connectivity index (χ1) is 7.15. The SMILES string of the molecule is Cc1nc(Cn2cc(C(C)C)cn2)co1. The van der Waals surface area contributed by atoms with Gasteiger partial charge in [-0.2, -0.15) is 5.10 Å². The van der Waals surface area contributed by atoms with Gasteiger partial charge in [0.2, 0.25) is 0 Å². The molecule has 80 valence electrons. The van der Waals surface area contributed by atoms with Gasteiger partial charge in [0.1, 0.15) is 12.0 Å². The summed E-state index contributed by atoms with van der Waals surface area (Å²) in [5.41, 5.74) is 2.15. The zero-order valence-electron chi connectivity index (χ0n) is 9.27. The highest BCUT2D eigenvalue weighted by atomic mass is 16.3. The van der Waals surface area contributed by atoms with Crippen LogP contribution in [0.4, 0.5) is 0 Å². The molecule has 0 radical (unpaired) electrons. The molecule has 0 fully saturated rings. The first kappa shape index (κ1) is 9.96. The van der Waals surface area contributed by atoms with Crippen molar-refractivity contribution in [2.75, 3.05) is 0 Å². The highest BCUT2D eigenvalue weighted by molar-refractivity contribution is 5.09. The second-order valence-corrected chi connectivity index (χ2v) is 3.98. The summed E-state index contributed by atoms with van der Waals surface area (Å²) in [6.45, 7) is 6.82. The monoisotopic (exact) mass is 205 g/mol. The Morgan fingerprint density at radius 2 is 2.27 bits per heavy atom. The second-order valence-electron chi connectivity index (χ2n) is 3.98. The molecule has 0 saturated carbocycles. The molecule has 0 N–H and O–H groups in total. The van der Waals surface area contributed by atoms with Crippen molar-refractivity contribution < 1.29 is 4.42 Å². The Morgan fingerprint density at radius 3 is 2.80 bits per heavy atom. The summed E-state index contributed by atoms with van der Waals surface area (Å²) in [6.07, 6.45) is 5.62. The molecule has 15 heavy (non-hydrogen) atoms. The molecular formula is C11H15N3O. The van der Waals surface area contributed by atoms with Gasteiger partial charge in [-0.3, -0.25) is 4.68 Å². The van der Waals surface area contributed by atoms with Crippen molar-refractivity contribution >= 4 is 0 Å². The van der Waals surface area contributed by atoms with Crippen molar-refractivity contribution in [2.24, 2.45) is 0 Å². The fourth-order valence-electron chi connectivity index (χ4n) is 1.41. The summed E-state index contributed by atoms with van der Waals surface area (Å²) in [7, 11) is 0. The third kappa shape index (κ3) is 2.26. The molecule has 0 unspecified atom stereocenters. The van der Waals surface area contributed by atoms with Gasteiger partial charge in [-0.15, -0.1) is 0 Å². The van der Waals surface area contributed by atoms with Crippen molar-refractivity contribution in [1.29, 1.82) is 0 Å². The Labute approximate surface area is 88.9 Å². The minimum absolute atomic E-state index is 0.512. The smallest absolute Gasteiger partial charge is 0.191 e. The lowest BCUT2D eigenvalue weighted by atomic mass is 10.1. The molecule has 0 aliphatic heterocycles. The van der Waals surface area contributed by atoms with Crippen LogP contribution in [0.15, 0.2) is 23.1 Å². The molecule has 0 amide bonds. The molecule has 0 bridgehead atoms. The van der Waals surface area contributed by atoms with Crippen molar-refractivity contribution in [3.05, 3.63) is 35.8 Å². The molecule has 0 saturated heterocycles. The number of hydrogen-bond donors (Lipinski definition) is 0. The highest BCUT2D eigenvalue weighted by Gasteiger charge is 2.05. The van der Waals surface area contributed by atoms with Crippen LogP contribution in [0.3, 0.4) is 0 Å². The van der Waals surface area contributed by atoms with Gasteiger partial charge >= 0.3 is 0 Å². The van der Waals surface area contributed by atoms with Crippen LogP contribution in [0.1, 0.15) is 36.9 Å². The molecule has 2 aromatic rings. The summed E-state index contributed by atoms with van der Waals surface area (Å²) >= 11 is 0. The quantitative estimate of drug-likeness (QED) is 0.772. The number of rotatable bonds is 3. The van der Waals surface area contributed by atoms with Crippen LogP contribution in [0.2, 0.25) is 0 Å².